The van der Waals surface area contributed by atoms with E-state index in [1.807, 2.05) is 0 Å². The summed E-state index contributed by atoms with van der Waals surface area (Å²) in [4.78, 5) is 2.92. The summed E-state index contributed by atoms with van der Waals surface area (Å²) >= 11 is 3.58. The van der Waals surface area contributed by atoms with E-state index < -0.39 is 0 Å². The quantitative estimate of drug-likeness (QED) is 0.482. The predicted octanol–water partition coefficient (Wildman–Crippen LogP) is 2.90. The number of hydrogen-bond donors (Lipinski definition) is 1. The standard InChI is InChI=1S/C13H17BrN4O/c14-9-1-2-11-10(7-9)13(3-5-19-6-4-13)12(17-11)8-16-18-15/h1-2,7,10-12,17H,3-6,8H2. The van der Waals surface area contributed by atoms with Crippen LogP contribution in [0.2, 0.25) is 0 Å². The molecule has 1 N–H and O–H groups in total. The number of ether oxygens (including phenoxy) is 1. The Morgan fingerprint density at radius 1 is 1.53 bits per heavy atom. The maximum Gasteiger partial charge on any atom is 0.0472 e. The Bertz CT molecular complexity index is 463. The van der Waals surface area contributed by atoms with Crippen molar-refractivity contribution < 1.29 is 4.74 Å². The van der Waals surface area contributed by atoms with Gasteiger partial charge in [-0.15, -0.1) is 0 Å². The zero-order chi connectivity index (χ0) is 13.3. The first kappa shape index (κ1) is 13.2. The molecule has 0 radical (unpaired) electrons. The van der Waals surface area contributed by atoms with Crippen LogP contribution in [-0.2, 0) is 4.74 Å². The van der Waals surface area contributed by atoms with Crippen molar-refractivity contribution in [3.05, 3.63) is 33.2 Å². The first-order valence-corrected chi connectivity index (χ1v) is 7.46. The van der Waals surface area contributed by atoms with E-state index in [4.69, 9.17) is 10.3 Å². The van der Waals surface area contributed by atoms with Gasteiger partial charge in [-0.25, -0.2) is 0 Å². The lowest BCUT2D eigenvalue weighted by Gasteiger charge is -2.42. The van der Waals surface area contributed by atoms with Gasteiger partial charge in [0.1, 0.15) is 0 Å². The number of halogens is 1. The van der Waals surface area contributed by atoms with Crippen LogP contribution in [0.25, 0.3) is 10.4 Å². The van der Waals surface area contributed by atoms with Crippen molar-refractivity contribution in [3.8, 4) is 0 Å². The highest BCUT2D eigenvalue weighted by atomic mass is 79.9. The molecule has 0 aromatic heterocycles. The van der Waals surface area contributed by atoms with E-state index >= 15 is 0 Å². The molecule has 0 amide bonds. The molecule has 1 spiro atoms. The van der Waals surface area contributed by atoms with E-state index in [-0.39, 0.29) is 11.5 Å². The zero-order valence-corrected chi connectivity index (χ0v) is 12.2. The minimum absolute atomic E-state index is 0.154. The molecule has 3 atom stereocenters. The van der Waals surface area contributed by atoms with E-state index in [0.717, 1.165) is 30.5 Å². The molecule has 0 aromatic carbocycles. The van der Waals surface area contributed by atoms with Gasteiger partial charge >= 0.3 is 0 Å². The third kappa shape index (κ3) is 2.23. The maximum atomic E-state index is 8.59. The third-order valence-corrected chi connectivity index (χ3v) is 5.22. The number of rotatable bonds is 2. The molecule has 19 heavy (non-hydrogen) atoms. The molecule has 2 fully saturated rings. The van der Waals surface area contributed by atoms with E-state index in [9.17, 15) is 0 Å². The van der Waals surface area contributed by atoms with Crippen molar-refractivity contribution in [2.24, 2.45) is 16.4 Å². The van der Waals surface area contributed by atoms with Gasteiger partial charge in [0, 0.05) is 47.2 Å². The van der Waals surface area contributed by atoms with Crippen molar-refractivity contribution >= 4 is 15.9 Å². The van der Waals surface area contributed by atoms with Gasteiger partial charge in [0.2, 0.25) is 0 Å². The Kier molecular flexibility index (Phi) is 3.67. The van der Waals surface area contributed by atoms with Crippen LogP contribution in [0.1, 0.15) is 12.8 Å². The van der Waals surface area contributed by atoms with Crippen LogP contribution < -0.4 is 5.32 Å². The minimum atomic E-state index is 0.154. The minimum Gasteiger partial charge on any atom is -0.381 e. The molecule has 3 aliphatic rings. The summed E-state index contributed by atoms with van der Waals surface area (Å²) in [5.74, 6) is 0.453. The van der Waals surface area contributed by atoms with Gasteiger partial charge in [-0.1, -0.05) is 39.3 Å². The lowest BCUT2D eigenvalue weighted by Crippen LogP contribution is -2.45. The summed E-state index contributed by atoms with van der Waals surface area (Å²) in [6.45, 7) is 2.11. The Morgan fingerprint density at radius 3 is 3.05 bits per heavy atom. The summed E-state index contributed by atoms with van der Waals surface area (Å²) in [6, 6.07) is 0.583. The molecule has 1 aliphatic carbocycles. The zero-order valence-electron chi connectivity index (χ0n) is 10.6. The molecule has 0 bridgehead atoms. The molecular formula is C13H17BrN4O. The van der Waals surface area contributed by atoms with E-state index in [2.05, 4.69) is 49.5 Å². The fraction of sp³-hybridized carbons (Fsp3) is 0.692. The first-order chi connectivity index (χ1) is 9.26. The second-order valence-corrected chi connectivity index (χ2v) is 6.36. The number of fused-ring (bicyclic) bond motifs is 2. The van der Waals surface area contributed by atoms with Gasteiger partial charge in [-0.2, -0.15) is 0 Å². The Morgan fingerprint density at radius 2 is 2.32 bits per heavy atom. The molecule has 5 nitrogen and oxygen atoms in total. The summed E-state index contributed by atoms with van der Waals surface area (Å²) in [7, 11) is 0. The topological polar surface area (TPSA) is 70.0 Å². The number of azide groups is 1. The molecule has 2 aliphatic heterocycles. The van der Waals surface area contributed by atoms with Gasteiger partial charge in [0.05, 0.1) is 0 Å². The van der Waals surface area contributed by atoms with Gasteiger partial charge < -0.3 is 10.1 Å². The fourth-order valence-corrected chi connectivity index (χ4v) is 4.18. The molecule has 3 unspecified atom stereocenters. The molecule has 2 saturated heterocycles. The van der Waals surface area contributed by atoms with Gasteiger partial charge in [-0.05, 0) is 23.8 Å². The highest BCUT2D eigenvalue weighted by Crippen LogP contribution is 2.50. The van der Waals surface area contributed by atoms with Crippen molar-refractivity contribution in [1.29, 1.82) is 0 Å². The van der Waals surface area contributed by atoms with Crippen molar-refractivity contribution in [3.63, 3.8) is 0 Å². The van der Waals surface area contributed by atoms with Crippen LogP contribution in [0, 0.1) is 11.3 Å². The van der Waals surface area contributed by atoms with Crippen LogP contribution in [0.4, 0.5) is 0 Å². The smallest absolute Gasteiger partial charge is 0.0472 e. The van der Waals surface area contributed by atoms with Gasteiger partial charge in [-0.3, -0.25) is 0 Å². The number of nitrogens with one attached hydrogen (secondary N) is 1. The summed E-state index contributed by atoms with van der Waals surface area (Å²) in [5.41, 5.74) is 8.74. The van der Waals surface area contributed by atoms with E-state index in [0.29, 0.717) is 18.5 Å². The Hall–Kier alpha value is -0.810. The predicted molar refractivity (Wildman–Crippen MR) is 76.9 cm³/mol. The van der Waals surface area contributed by atoms with Crippen molar-refractivity contribution in [2.75, 3.05) is 19.8 Å². The summed E-state index contributed by atoms with van der Waals surface area (Å²) in [6.07, 6.45) is 8.66. The van der Waals surface area contributed by atoms with Crippen LogP contribution in [0.3, 0.4) is 0 Å². The van der Waals surface area contributed by atoms with Crippen LogP contribution >= 0.6 is 15.9 Å². The lowest BCUT2D eigenvalue weighted by atomic mass is 9.65. The largest absolute Gasteiger partial charge is 0.381 e. The number of hydrogen-bond acceptors (Lipinski definition) is 3. The second kappa shape index (κ2) is 5.29. The van der Waals surface area contributed by atoms with E-state index in [1.54, 1.807) is 0 Å². The average molecular weight is 325 g/mol. The first-order valence-electron chi connectivity index (χ1n) is 6.66. The van der Waals surface area contributed by atoms with Gasteiger partial charge in [0.15, 0.2) is 0 Å². The fourth-order valence-electron chi connectivity index (χ4n) is 3.75. The molecular weight excluding hydrogens is 308 g/mol. The summed E-state index contributed by atoms with van der Waals surface area (Å²) < 4.78 is 6.68. The number of allylic oxidation sites excluding steroid dienone is 2. The second-order valence-electron chi connectivity index (χ2n) is 5.44. The van der Waals surface area contributed by atoms with Crippen LogP contribution in [0.15, 0.2) is 27.8 Å². The molecule has 6 heteroatoms. The SMILES string of the molecule is [N-]=[N+]=NCC1NC2C=CC(Br)=CC2C12CCOCC2. The Labute approximate surface area is 120 Å². The summed E-state index contributed by atoms with van der Waals surface area (Å²) in [5, 5.41) is 7.44. The van der Waals surface area contributed by atoms with Gasteiger partial charge in [0.25, 0.3) is 0 Å². The number of nitrogens with zero attached hydrogens (tertiary/aromatic N) is 3. The van der Waals surface area contributed by atoms with Crippen molar-refractivity contribution in [2.45, 2.75) is 24.9 Å². The lowest BCUT2D eigenvalue weighted by molar-refractivity contribution is -0.00550. The molecule has 102 valence electrons. The Balaban J connectivity index is 1.93. The highest BCUT2D eigenvalue weighted by Gasteiger charge is 2.53. The maximum absolute atomic E-state index is 8.59. The van der Waals surface area contributed by atoms with Crippen molar-refractivity contribution in [1.82, 2.24) is 5.32 Å². The molecule has 2 heterocycles. The normalized spacial score (nSPS) is 35.6. The third-order valence-electron chi connectivity index (χ3n) is 4.69. The molecule has 3 rings (SSSR count). The average Bonchev–Trinajstić information content (AvgIpc) is 2.71. The van der Waals surface area contributed by atoms with E-state index in [1.165, 1.54) is 0 Å². The monoisotopic (exact) mass is 324 g/mol. The van der Waals surface area contributed by atoms with Crippen LogP contribution in [-0.4, -0.2) is 31.8 Å². The molecule has 0 aromatic rings. The highest BCUT2D eigenvalue weighted by molar-refractivity contribution is 9.11. The van der Waals surface area contributed by atoms with Crippen LogP contribution in [0.5, 0.6) is 0 Å². The molecule has 0 saturated carbocycles.